The number of nitrogens with one attached hydrogen (secondary N) is 3. The predicted octanol–water partition coefficient (Wildman–Crippen LogP) is 5.58. The summed E-state index contributed by atoms with van der Waals surface area (Å²) in [6.07, 6.45) is 1.79. The third-order valence-electron chi connectivity index (χ3n) is 5.47. The molecule has 1 amide bonds. The van der Waals surface area contributed by atoms with Crippen molar-refractivity contribution in [1.82, 2.24) is 20.6 Å². The summed E-state index contributed by atoms with van der Waals surface area (Å²) in [5, 5.41) is 7.80. The molecule has 1 aliphatic heterocycles. The van der Waals surface area contributed by atoms with Crippen LogP contribution in [0.4, 0.5) is 0 Å². The van der Waals surface area contributed by atoms with Crippen LogP contribution in [0.3, 0.4) is 0 Å². The van der Waals surface area contributed by atoms with Crippen molar-refractivity contribution >= 4 is 40.1 Å². The molecule has 1 aliphatic rings. The number of rotatable bonds is 3. The van der Waals surface area contributed by atoms with Crippen LogP contribution >= 0.6 is 23.2 Å². The number of H-pyrrole nitrogens is 1. The number of amides is 1. The highest BCUT2D eigenvalue weighted by atomic mass is 35.5. The third-order valence-corrected chi connectivity index (χ3v) is 6.19. The SMILES string of the molecule is CC1(C)CC(NC(=O)c2ccc(-c3nc4cc(Cl)c(Cl)cc4[nH]3)cc2)CC(C)(C)N1. The van der Waals surface area contributed by atoms with E-state index >= 15 is 0 Å². The summed E-state index contributed by atoms with van der Waals surface area (Å²) in [4.78, 5) is 20.6. The van der Waals surface area contributed by atoms with Crippen molar-refractivity contribution in [2.45, 2.75) is 57.7 Å². The molecule has 2 aromatic carbocycles. The Balaban J connectivity index is 1.50. The fourth-order valence-electron chi connectivity index (χ4n) is 4.61. The Hall–Kier alpha value is -2.08. The van der Waals surface area contributed by atoms with Gasteiger partial charge in [-0.25, -0.2) is 4.98 Å². The van der Waals surface area contributed by atoms with E-state index in [-0.39, 0.29) is 23.0 Å². The van der Waals surface area contributed by atoms with E-state index in [1.165, 1.54) is 0 Å². The molecule has 0 saturated carbocycles. The Labute approximate surface area is 186 Å². The number of carbonyl (C=O) groups excluding carboxylic acids is 1. The topological polar surface area (TPSA) is 69.8 Å². The van der Waals surface area contributed by atoms with Crippen LogP contribution in [0.2, 0.25) is 10.0 Å². The average molecular weight is 445 g/mol. The third kappa shape index (κ3) is 4.48. The number of fused-ring (bicyclic) bond motifs is 1. The lowest BCUT2D eigenvalue weighted by atomic mass is 9.79. The van der Waals surface area contributed by atoms with Crippen LogP contribution in [0.5, 0.6) is 0 Å². The molecule has 5 nitrogen and oxygen atoms in total. The van der Waals surface area contributed by atoms with Crippen LogP contribution in [0, 0.1) is 0 Å². The summed E-state index contributed by atoms with van der Waals surface area (Å²) >= 11 is 12.2. The van der Waals surface area contributed by atoms with Crippen LogP contribution in [0.15, 0.2) is 36.4 Å². The van der Waals surface area contributed by atoms with Gasteiger partial charge in [-0.2, -0.15) is 0 Å². The van der Waals surface area contributed by atoms with Gasteiger partial charge in [-0.1, -0.05) is 35.3 Å². The van der Waals surface area contributed by atoms with Gasteiger partial charge in [0.25, 0.3) is 5.91 Å². The van der Waals surface area contributed by atoms with E-state index in [1.807, 2.05) is 24.3 Å². The van der Waals surface area contributed by atoms with Crippen molar-refractivity contribution in [2.75, 3.05) is 0 Å². The summed E-state index contributed by atoms with van der Waals surface area (Å²) < 4.78 is 0. The van der Waals surface area contributed by atoms with Crippen molar-refractivity contribution in [1.29, 1.82) is 0 Å². The standard InChI is InChI=1S/C23H26Cl2N4O/c1-22(2)11-15(12-23(3,4)29-22)26-21(30)14-7-5-13(6-8-14)20-27-18-9-16(24)17(25)10-19(18)28-20/h5-10,15,29H,11-12H2,1-4H3,(H,26,30)(H,27,28). The lowest BCUT2D eigenvalue weighted by Gasteiger charge is -2.46. The highest BCUT2D eigenvalue weighted by molar-refractivity contribution is 6.42. The molecule has 2 heterocycles. The van der Waals surface area contributed by atoms with Gasteiger partial charge in [0.15, 0.2) is 0 Å². The van der Waals surface area contributed by atoms with Crippen LogP contribution in [0.1, 0.15) is 50.9 Å². The highest BCUT2D eigenvalue weighted by Crippen LogP contribution is 2.30. The Morgan fingerprint density at radius 1 is 1.03 bits per heavy atom. The Morgan fingerprint density at radius 2 is 1.63 bits per heavy atom. The van der Waals surface area contributed by atoms with E-state index < -0.39 is 0 Å². The predicted molar refractivity (Wildman–Crippen MR) is 123 cm³/mol. The molecule has 30 heavy (non-hydrogen) atoms. The van der Waals surface area contributed by atoms with Gasteiger partial charge in [0.05, 0.1) is 21.1 Å². The largest absolute Gasteiger partial charge is 0.349 e. The molecule has 3 aromatic rings. The quantitative estimate of drug-likeness (QED) is 0.493. The van der Waals surface area contributed by atoms with Gasteiger partial charge in [0, 0.05) is 28.2 Å². The molecular weight excluding hydrogens is 419 g/mol. The number of nitrogens with zero attached hydrogens (tertiary/aromatic N) is 1. The summed E-state index contributed by atoms with van der Waals surface area (Å²) in [7, 11) is 0. The van der Waals surface area contributed by atoms with Crippen molar-refractivity contribution in [3.05, 3.63) is 52.0 Å². The normalized spacial score (nSPS) is 18.5. The molecule has 0 atom stereocenters. The number of imidazole rings is 1. The first-order valence-electron chi connectivity index (χ1n) is 10.1. The number of carbonyl (C=O) groups is 1. The van der Waals surface area contributed by atoms with Crippen LogP contribution in [0.25, 0.3) is 22.4 Å². The smallest absolute Gasteiger partial charge is 0.251 e. The van der Waals surface area contributed by atoms with E-state index in [0.29, 0.717) is 21.4 Å². The Kier molecular flexibility index (Phi) is 5.33. The van der Waals surface area contributed by atoms with E-state index in [4.69, 9.17) is 23.2 Å². The maximum Gasteiger partial charge on any atom is 0.251 e. The van der Waals surface area contributed by atoms with Crippen molar-refractivity contribution in [2.24, 2.45) is 0 Å². The zero-order valence-corrected chi connectivity index (χ0v) is 19.1. The minimum absolute atomic E-state index is 0.0172. The van der Waals surface area contributed by atoms with Crippen molar-refractivity contribution in [3.63, 3.8) is 0 Å². The monoisotopic (exact) mass is 444 g/mol. The molecule has 3 N–H and O–H groups in total. The van der Waals surface area contributed by atoms with Gasteiger partial charge in [-0.05, 0) is 64.8 Å². The molecule has 1 fully saturated rings. The van der Waals surface area contributed by atoms with Gasteiger partial charge in [0.1, 0.15) is 5.82 Å². The fraction of sp³-hybridized carbons (Fsp3) is 0.391. The van der Waals surface area contributed by atoms with E-state index in [1.54, 1.807) is 12.1 Å². The summed E-state index contributed by atoms with van der Waals surface area (Å²) in [6.45, 7) is 8.70. The lowest BCUT2D eigenvalue weighted by molar-refractivity contribution is 0.0873. The summed E-state index contributed by atoms with van der Waals surface area (Å²) in [5.74, 6) is 0.653. The molecule has 0 aliphatic carbocycles. The second-order valence-electron chi connectivity index (χ2n) is 9.42. The number of aromatic nitrogens is 2. The minimum Gasteiger partial charge on any atom is -0.349 e. The van der Waals surface area contributed by atoms with Crippen LogP contribution in [-0.2, 0) is 0 Å². The van der Waals surface area contributed by atoms with Gasteiger partial charge in [-0.15, -0.1) is 0 Å². The molecular formula is C23H26Cl2N4O. The number of hydrogen-bond donors (Lipinski definition) is 3. The molecule has 0 spiro atoms. The zero-order chi connectivity index (χ0) is 21.7. The molecule has 0 bridgehead atoms. The van der Waals surface area contributed by atoms with Crippen LogP contribution in [-0.4, -0.2) is 33.0 Å². The molecule has 4 rings (SSSR count). The first-order valence-corrected chi connectivity index (χ1v) is 10.8. The van der Waals surface area contributed by atoms with Gasteiger partial charge < -0.3 is 15.6 Å². The first kappa shape index (κ1) is 21.2. The van der Waals surface area contributed by atoms with Crippen molar-refractivity contribution in [3.8, 4) is 11.4 Å². The minimum atomic E-state index is -0.0526. The summed E-state index contributed by atoms with van der Waals surface area (Å²) in [6, 6.07) is 11.1. The fourth-order valence-corrected chi connectivity index (χ4v) is 4.94. The maximum absolute atomic E-state index is 12.8. The number of halogens is 2. The van der Waals surface area contributed by atoms with Gasteiger partial charge in [-0.3, -0.25) is 4.79 Å². The van der Waals surface area contributed by atoms with Gasteiger partial charge in [0.2, 0.25) is 0 Å². The first-order chi connectivity index (χ1) is 14.0. The maximum atomic E-state index is 12.8. The molecule has 1 saturated heterocycles. The number of hydrogen-bond acceptors (Lipinski definition) is 3. The van der Waals surface area contributed by atoms with E-state index in [9.17, 15) is 4.79 Å². The van der Waals surface area contributed by atoms with Crippen LogP contribution < -0.4 is 10.6 Å². The second-order valence-corrected chi connectivity index (χ2v) is 10.2. The van der Waals surface area contributed by atoms with E-state index in [2.05, 4.69) is 48.3 Å². The highest BCUT2D eigenvalue weighted by Gasteiger charge is 2.38. The molecule has 7 heteroatoms. The Morgan fingerprint density at radius 3 is 2.27 bits per heavy atom. The molecule has 158 valence electrons. The molecule has 0 unspecified atom stereocenters. The summed E-state index contributed by atoms with van der Waals surface area (Å²) in [5.41, 5.74) is 3.05. The van der Waals surface area contributed by atoms with Gasteiger partial charge >= 0.3 is 0 Å². The number of aromatic amines is 1. The molecule has 0 radical (unpaired) electrons. The number of benzene rings is 2. The number of piperidine rings is 1. The zero-order valence-electron chi connectivity index (χ0n) is 17.6. The lowest BCUT2D eigenvalue weighted by Crippen LogP contribution is -2.62. The second kappa shape index (κ2) is 7.56. The Bertz CT molecular complexity index is 1050. The average Bonchev–Trinajstić information content (AvgIpc) is 3.02. The molecule has 1 aromatic heterocycles. The van der Waals surface area contributed by atoms with E-state index in [0.717, 1.165) is 29.4 Å². The van der Waals surface area contributed by atoms with Crippen molar-refractivity contribution < 1.29 is 4.79 Å².